The second-order valence-electron chi connectivity index (χ2n) is 13.5. The van der Waals surface area contributed by atoms with Gasteiger partial charge < -0.3 is 33.9 Å². The summed E-state index contributed by atoms with van der Waals surface area (Å²) in [5.41, 5.74) is 1.11. The molecular weight excluding hydrogens is 500 g/mol. The third kappa shape index (κ3) is 4.11. The lowest BCUT2D eigenvalue weighted by atomic mass is 9.43. The zero-order valence-electron chi connectivity index (χ0n) is 24.1. The van der Waals surface area contributed by atoms with Gasteiger partial charge >= 0.3 is 5.97 Å². The minimum Gasteiger partial charge on any atom is -0.458 e. The maximum absolute atomic E-state index is 12.4. The number of methoxy groups -OCH3 is 2. The third-order valence-electron chi connectivity index (χ3n) is 12.0. The zero-order valence-corrected chi connectivity index (χ0v) is 24.1. The van der Waals surface area contributed by atoms with E-state index in [1.54, 1.807) is 20.3 Å². The molecule has 0 bridgehead atoms. The van der Waals surface area contributed by atoms with Gasteiger partial charge in [0.15, 0.2) is 6.29 Å². The molecule has 39 heavy (non-hydrogen) atoms. The molecule has 0 amide bonds. The van der Waals surface area contributed by atoms with E-state index in [0.717, 1.165) is 56.1 Å². The Hall–Kier alpha value is -1.29. The van der Waals surface area contributed by atoms with Crippen LogP contribution in [0.4, 0.5) is 0 Å². The number of esters is 1. The molecule has 12 atom stereocenters. The second-order valence-corrected chi connectivity index (χ2v) is 13.5. The van der Waals surface area contributed by atoms with Crippen LogP contribution in [0.5, 0.6) is 0 Å². The van der Waals surface area contributed by atoms with Gasteiger partial charge in [-0.1, -0.05) is 19.9 Å². The number of carbonyl (C=O) groups excluding carboxylic acids is 1. The van der Waals surface area contributed by atoms with Gasteiger partial charge in [0.05, 0.1) is 17.8 Å². The van der Waals surface area contributed by atoms with Crippen molar-refractivity contribution in [2.45, 2.75) is 115 Å². The zero-order chi connectivity index (χ0) is 27.7. The molecule has 4 fully saturated rings. The largest absolute Gasteiger partial charge is 0.458 e. The number of hydrogen-bond acceptors (Lipinski definition) is 8. The summed E-state index contributed by atoms with van der Waals surface area (Å²) in [6, 6.07) is 0. The van der Waals surface area contributed by atoms with E-state index in [0.29, 0.717) is 24.9 Å². The quantitative estimate of drug-likeness (QED) is 0.398. The van der Waals surface area contributed by atoms with E-state index < -0.39 is 36.3 Å². The van der Waals surface area contributed by atoms with Crippen molar-refractivity contribution < 1.29 is 38.7 Å². The molecule has 0 radical (unpaired) electrons. The van der Waals surface area contributed by atoms with Crippen LogP contribution in [0, 0.1) is 28.6 Å². The predicted molar refractivity (Wildman–Crippen MR) is 143 cm³/mol. The van der Waals surface area contributed by atoms with E-state index in [9.17, 15) is 15.0 Å². The molecule has 0 aromatic rings. The molecule has 0 aromatic carbocycles. The SMILES string of the molecule is CO[C@H]1[C@H](O[C@H]2CC[C@@]3(C)[C@H](CC[C@@H]4[C@@H]3CC[C@]3(C)C(C5=CC(=O)OC5)=CC[C@]43O)C2)O[C@H](C)[C@H](O)[C@@H]1OC. The van der Waals surface area contributed by atoms with Gasteiger partial charge in [-0.05, 0) is 87.0 Å². The molecule has 2 aliphatic heterocycles. The van der Waals surface area contributed by atoms with Crippen LogP contribution >= 0.6 is 0 Å². The Morgan fingerprint density at radius 3 is 2.49 bits per heavy atom. The number of aliphatic hydroxyl groups excluding tert-OH is 1. The Morgan fingerprint density at radius 2 is 1.79 bits per heavy atom. The van der Waals surface area contributed by atoms with Gasteiger partial charge in [0.1, 0.15) is 24.9 Å². The molecule has 218 valence electrons. The van der Waals surface area contributed by atoms with Crippen molar-refractivity contribution in [2.75, 3.05) is 20.8 Å². The van der Waals surface area contributed by atoms with E-state index in [2.05, 4.69) is 19.9 Å². The van der Waals surface area contributed by atoms with E-state index in [-0.39, 0.29) is 28.8 Å². The monoisotopic (exact) mass is 546 g/mol. The summed E-state index contributed by atoms with van der Waals surface area (Å²) in [5.74, 6) is 0.953. The molecule has 1 saturated heterocycles. The Bertz CT molecular complexity index is 1040. The van der Waals surface area contributed by atoms with Crippen molar-refractivity contribution >= 4 is 5.97 Å². The number of ether oxygens (including phenoxy) is 5. The van der Waals surface area contributed by atoms with Crippen molar-refractivity contribution in [1.82, 2.24) is 0 Å². The Labute approximate surface area is 232 Å². The Balaban J connectivity index is 1.16. The lowest BCUT2D eigenvalue weighted by Gasteiger charge is -2.63. The number of cyclic esters (lactones) is 1. The molecule has 0 spiro atoms. The first-order valence-corrected chi connectivity index (χ1v) is 14.9. The van der Waals surface area contributed by atoms with Crippen LogP contribution in [0.1, 0.15) is 72.1 Å². The van der Waals surface area contributed by atoms with Crippen LogP contribution in [-0.4, -0.2) is 79.4 Å². The van der Waals surface area contributed by atoms with Gasteiger partial charge in [0.2, 0.25) is 0 Å². The fraction of sp³-hybridized carbons (Fsp3) is 0.839. The van der Waals surface area contributed by atoms with Crippen molar-refractivity contribution in [3.63, 3.8) is 0 Å². The Kier molecular flexibility index (Phi) is 7.08. The average Bonchev–Trinajstić information content (AvgIpc) is 3.45. The van der Waals surface area contributed by atoms with Crippen LogP contribution in [0.3, 0.4) is 0 Å². The number of hydrogen-bond donors (Lipinski definition) is 2. The first-order valence-electron chi connectivity index (χ1n) is 14.9. The molecule has 4 aliphatic carbocycles. The van der Waals surface area contributed by atoms with E-state index in [1.807, 2.05) is 6.92 Å². The fourth-order valence-electron chi connectivity index (χ4n) is 9.70. The van der Waals surface area contributed by atoms with Crippen molar-refractivity contribution in [2.24, 2.45) is 28.6 Å². The minimum absolute atomic E-state index is 0.0609. The maximum Gasteiger partial charge on any atom is 0.331 e. The highest BCUT2D eigenvalue weighted by Crippen LogP contribution is 2.68. The van der Waals surface area contributed by atoms with Gasteiger partial charge in [0, 0.05) is 31.3 Å². The summed E-state index contributed by atoms with van der Waals surface area (Å²) < 4.78 is 29.1. The lowest BCUT2D eigenvalue weighted by Crippen LogP contribution is -2.62. The van der Waals surface area contributed by atoms with Gasteiger partial charge in [-0.15, -0.1) is 0 Å². The van der Waals surface area contributed by atoms with Crippen molar-refractivity contribution in [3.8, 4) is 0 Å². The number of fused-ring (bicyclic) bond motifs is 5. The van der Waals surface area contributed by atoms with Crippen LogP contribution in [-0.2, 0) is 28.5 Å². The highest BCUT2D eigenvalue weighted by Gasteiger charge is 2.66. The number of aliphatic hydroxyl groups is 2. The van der Waals surface area contributed by atoms with Gasteiger partial charge in [-0.3, -0.25) is 0 Å². The first kappa shape index (κ1) is 27.9. The molecular formula is C31H46O8. The first-order chi connectivity index (χ1) is 18.6. The molecule has 6 rings (SSSR count). The summed E-state index contributed by atoms with van der Waals surface area (Å²) in [5, 5.41) is 22.9. The van der Waals surface area contributed by atoms with E-state index >= 15 is 0 Å². The summed E-state index contributed by atoms with van der Waals surface area (Å²) in [6.07, 6.45) is 8.84. The van der Waals surface area contributed by atoms with E-state index in [1.165, 1.54) is 0 Å². The average molecular weight is 547 g/mol. The number of carbonyl (C=O) groups is 1. The maximum atomic E-state index is 12.4. The smallest absolute Gasteiger partial charge is 0.331 e. The Morgan fingerprint density at radius 1 is 1.03 bits per heavy atom. The molecule has 8 nitrogen and oxygen atoms in total. The number of rotatable bonds is 5. The summed E-state index contributed by atoms with van der Waals surface area (Å²) in [4.78, 5) is 11.8. The molecule has 6 aliphatic rings. The molecule has 2 heterocycles. The van der Waals surface area contributed by atoms with Crippen LogP contribution < -0.4 is 0 Å². The lowest BCUT2D eigenvalue weighted by molar-refractivity contribution is -0.317. The molecule has 2 N–H and O–H groups in total. The second kappa shape index (κ2) is 9.92. The standard InChI is InChI=1S/C31H46O8/c1-17-25(33)26(35-4)27(36-5)28(38-17)39-20-8-11-29(2)19(15-20)6-7-23-22(29)9-12-30(3)21(10-13-31(23,30)34)18-14-24(32)37-16-18/h10,14,17,19-20,22-23,25-28,33-34H,6-9,11-13,15-16H2,1-5H3/t17-,19-,20+,22+,23-,25+,26+,27-,28+,29+,30-,31+/m1/s1. The van der Waals surface area contributed by atoms with Crippen molar-refractivity contribution in [3.05, 3.63) is 23.3 Å². The van der Waals surface area contributed by atoms with Gasteiger partial charge in [0.25, 0.3) is 0 Å². The molecule has 3 saturated carbocycles. The van der Waals surface area contributed by atoms with Crippen molar-refractivity contribution in [1.29, 1.82) is 0 Å². The van der Waals surface area contributed by atoms with Crippen LogP contribution in [0.15, 0.2) is 23.3 Å². The van der Waals surface area contributed by atoms with E-state index in [4.69, 9.17) is 23.7 Å². The highest BCUT2D eigenvalue weighted by atomic mass is 16.7. The summed E-state index contributed by atoms with van der Waals surface area (Å²) >= 11 is 0. The summed E-state index contributed by atoms with van der Waals surface area (Å²) in [6.45, 7) is 6.84. The normalized spacial score (nSPS) is 51.4. The van der Waals surface area contributed by atoms with Gasteiger partial charge in [-0.25, -0.2) is 4.79 Å². The van der Waals surface area contributed by atoms with Crippen LogP contribution in [0.2, 0.25) is 0 Å². The molecule has 0 unspecified atom stereocenters. The molecule has 0 aromatic heterocycles. The third-order valence-corrected chi connectivity index (χ3v) is 12.0. The highest BCUT2D eigenvalue weighted by molar-refractivity contribution is 5.86. The topological polar surface area (TPSA) is 104 Å². The molecule has 8 heteroatoms. The predicted octanol–water partition coefficient (Wildman–Crippen LogP) is 3.68. The minimum atomic E-state index is -0.785. The fourth-order valence-corrected chi connectivity index (χ4v) is 9.70. The van der Waals surface area contributed by atoms with Gasteiger partial charge in [-0.2, -0.15) is 0 Å². The van der Waals surface area contributed by atoms with Crippen LogP contribution in [0.25, 0.3) is 0 Å². The summed E-state index contributed by atoms with van der Waals surface area (Å²) in [7, 11) is 3.20.